The van der Waals surface area contributed by atoms with Crippen LogP contribution in [0.5, 0.6) is 0 Å². The van der Waals surface area contributed by atoms with E-state index in [2.05, 4.69) is 24.1 Å². The van der Waals surface area contributed by atoms with Crippen LogP contribution < -0.4 is 10.9 Å². The lowest BCUT2D eigenvalue weighted by molar-refractivity contribution is 0.219. The summed E-state index contributed by atoms with van der Waals surface area (Å²) in [6.07, 6.45) is 6.56. The highest BCUT2D eigenvalue weighted by Gasteiger charge is 2.18. The van der Waals surface area contributed by atoms with E-state index in [1.807, 2.05) is 12.3 Å². The van der Waals surface area contributed by atoms with Gasteiger partial charge in [0.15, 0.2) is 0 Å². The summed E-state index contributed by atoms with van der Waals surface area (Å²) in [6, 6.07) is 4.12. The van der Waals surface area contributed by atoms with Gasteiger partial charge in [0.1, 0.15) is 0 Å². The topological polar surface area (TPSA) is 37.3 Å². The standard InChI is InChI=1S/C16H27N3O/c1-3-9-18-11-7-14(8-12-18)17-15-5-6-16(20)19(13-15)10-4-2/h5-6,13-14,17H,3-4,7-12H2,1-2H3. The Bertz CT molecular complexity index is 461. The summed E-state index contributed by atoms with van der Waals surface area (Å²) >= 11 is 0. The first-order valence-electron chi connectivity index (χ1n) is 7.92. The van der Waals surface area contributed by atoms with Gasteiger partial charge in [0.2, 0.25) is 0 Å². The summed E-state index contributed by atoms with van der Waals surface area (Å²) in [6.45, 7) is 8.70. The number of hydrogen-bond donors (Lipinski definition) is 1. The van der Waals surface area contributed by atoms with Gasteiger partial charge in [-0.25, -0.2) is 0 Å². The van der Waals surface area contributed by atoms with E-state index in [0.717, 1.165) is 18.7 Å². The number of likely N-dealkylation sites (tertiary alicyclic amines) is 1. The molecule has 0 unspecified atom stereocenters. The number of anilines is 1. The largest absolute Gasteiger partial charge is 0.381 e. The number of hydrogen-bond acceptors (Lipinski definition) is 3. The zero-order chi connectivity index (χ0) is 14.4. The molecule has 1 aromatic heterocycles. The molecule has 2 heterocycles. The molecular formula is C16H27N3O. The van der Waals surface area contributed by atoms with Gasteiger partial charge in [0.05, 0.1) is 5.69 Å². The molecule has 112 valence electrons. The summed E-state index contributed by atoms with van der Waals surface area (Å²) in [5, 5.41) is 3.58. The second-order valence-corrected chi connectivity index (χ2v) is 5.71. The zero-order valence-corrected chi connectivity index (χ0v) is 12.8. The maximum Gasteiger partial charge on any atom is 0.250 e. The third-order valence-corrected chi connectivity index (χ3v) is 3.95. The van der Waals surface area contributed by atoms with Crippen LogP contribution in [0.2, 0.25) is 0 Å². The van der Waals surface area contributed by atoms with Gasteiger partial charge >= 0.3 is 0 Å². The molecule has 0 atom stereocenters. The quantitative estimate of drug-likeness (QED) is 0.868. The molecule has 0 bridgehead atoms. The molecule has 0 amide bonds. The van der Waals surface area contributed by atoms with Crippen molar-refractivity contribution in [2.24, 2.45) is 0 Å². The fraction of sp³-hybridized carbons (Fsp3) is 0.688. The molecule has 1 aromatic rings. The summed E-state index contributed by atoms with van der Waals surface area (Å²) in [5.74, 6) is 0. The van der Waals surface area contributed by atoms with Crippen molar-refractivity contribution < 1.29 is 0 Å². The number of pyridine rings is 1. The van der Waals surface area contributed by atoms with E-state index < -0.39 is 0 Å². The molecule has 1 aliphatic rings. The second-order valence-electron chi connectivity index (χ2n) is 5.71. The highest BCUT2D eigenvalue weighted by atomic mass is 16.1. The van der Waals surface area contributed by atoms with Crippen LogP contribution in [-0.2, 0) is 6.54 Å². The number of aryl methyl sites for hydroxylation is 1. The fourth-order valence-corrected chi connectivity index (χ4v) is 2.89. The first kappa shape index (κ1) is 15.1. The van der Waals surface area contributed by atoms with Gasteiger partial charge in [-0.05, 0) is 38.3 Å². The van der Waals surface area contributed by atoms with Crippen molar-refractivity contribution in [1.82, 2.24) is 9.47 Å². The number of rotatable bonds is 6. The molecule has 1 saturated heterocycles. The predicted molar refractivity (Wildman–Crippen MR) is 84.4 cm³/mol. The van der Waals surface area contributed by atoms with Gasteiger partial charge in [-0.15, -0.1) is 0 Å². The minimum atomic E-state index is 0.0927. The van der Waals surface area contributed by atoms with Gasteiger partial charge in [-0.1, -0.05) is 13.8 Å². The second kappa shape index (κ2) is 7.48. The fourth-order valence-electron chi connectivity index (χ4n) is 2.89. The lowest BCUT2D eigenvalue weighted by atomic mass is 10.0. The Morgan fingerprint density at radius 2 is 1.85 bits per heavy atom. The van der Waals surface area contributed by atoms with Crippen molar-refractivity contribution in [3.63, 3.8) is 0 Å². The van der Waals surface area contributed by atoms with Crippen molar-refractivity contribution in [2.75, 3.05) is 25.0 Å². The van der Waals surface area contributed by atoms with Crippen molar-refractivity contribution in [1.29, 1.82) is 0 Å². The molecule has 0 aromatic carbocycles. The molecule has 1 aliphatic heterocycles. The Hall–Kier alpha value is -1.29. The monoisotopic (exact) mass is 277 g/mol. The summed E-state index contributed by atoms with van der Waals surface area (Å²) in [7, 11) is 0. The Morgan fingerprint density at radius 1 is 1.15 bits per heavy atom. The lowest BCUT2D eigenvalue weighted by Crippen LogP contribution is -2.39. The third-order valence-electron chi connectivity index (χ3n) is 3.95. The number of piperidine rings is 1. The maximum absolute atomic E-state index is 11.7. The normalized spacial score (nSPS) is 17.3. The van der Waals surface area contributed by atoms with E-state index in [1.165, 1.54) is 38.9 Å². The van der Waals surface area contributed by atoms with Crippen molar-refractivity contribution in [3.05, 3.63) is 28.7 Å². The number of aromatic nitrogens is 1. The molecule has 0 saturated carbocycles. The van der Waals surface area contributed by atoms with Crippen LogP contribution >= 0.6 is 0 Å². The molecule has 0 aliphatic carbocycles. The average molecular weight is 277 g/mol. The van der Waals surface area contributed by atoms with Gasteiger partial charge in [0, 0.05) is 37.9 Å². The van der Waals surface area contributed by atoms with Crippen LogP contribution in [0.15, 0.2) is 23.1 Å². The van der Waals surface area contributed by atoms with Crippen LogP contribution in [0.3, 0.4) is 0 Å². The van der Waals surface area contributed by atoms with Crippen LogP contribution in [0.25, 0.3) is 0 Å². The minimum Gasteiger partial charge on any atom is -0.381 e. The average Bonchev–Trinajstić information content (AvgIpc) is 2.45. The van der Waals surface area contributed by atoms with E-state index in [0.29, 0.717) is 6.04 Å². The van der Waals surface area contributed by atoms with Gasteiger partial charge in [0.25, 0.3) is 5.56 Å². The van der Waals surface area contributed by atoms with Gasteiger partial charge in [-0.3, -0.25) is 4.79 Å². The molecule has 1 fully saturated rings. The molecular weight excluding hydrogens is 250 g/mol. The van der Waals surface area contributed by atoms with Crippen LogP contribution in [-0.4, -0.2) is 35.1 Å². The third kappa shape index (κ3) is 4.10. The first-order valence-corrected chi connectivity index (χ1v) is 7.92. The molecule has 0 radical (unpaired) electrons. The molecule has 0 spiro atoms. The summed E-state index contributed by atoms with van der Waals surface area (Å²) < 4.78 is 1.80. The van der Waals surface area contributed by atoms with E-state index in [1.54, 1.807) is 10.6 Å². The number of nitrogens with one attached hydrogen (secondary N) is 1. The van der Waals surface area contributed by atoms with Crippen molar-refractivity contribution in [2.45, 2.75) is 52.1 Å². The Morgan fingerprint density at radius 3 is 2.50 bits per heavy atom. The molecule has 4 heteroatoms. The van der Waals surface area contributed by atoms with E-state index in [-0.39, 0.29) is 5.56 Å². The lowest BCUT2D eigenvalue weighted by Gasteiger charge is -2.32. The molecule has 1 N–H and O–H groups in total. The smallest absolute Gasteiger partial charge is 0.250 e. The maximum atomic E-state index is 11.7. The van der Waals surface area contributed by atoms with Gasteiger partial charge < -0.3 is 14.8 Å². The van der Waals surface area contributed by atoms with Crippen molar-refractivity contribution in [3.8, 4) is 0 Å². The van der Waals surface area contributed by atoms with E-state index in [9.17, 15) is 4.79 Å². The summed E-state index contributed by atoms with van der Waals surface area (Å²) in [5.41, 5.74) is 1.17. The Kier molecular flexibility index (Phi) is 5.65. The molecule has 20 heavy (non-hydrogen) atoms. The van der Waals surface area contributed by atoms with Crippen molar-refractivity contribution >= 4 is 5.69 Å². The Balaban J connectivity index is 1.91. The minimum absolute atomic E-state index is 0.0927. The van der Waals surface area contributed by atoms with Crippen LogP contribution in [0.1, 0.15) is 39.5 Å². The van der Waals surface area contributed by atoms with E-state index in [4.69, 9.17) is 0 Å². The zero-order valence-electron chi connectivity index (χ0n) is 12.8. The van der Waals surface area contributed by atoms with Crippen LogP contribution in [0.4, 0.5) is 5.69 Å². The summed E-state index contributed by atoms with van der Waals surface area (Å²) in [4.78, 5) is 14.2. The highest BCUT2D eigenvalue weighted by Crippen LogP contribution is 2.16. The van der Waals surface area contributed by atoms with Crippen LogP contribution in [0, 0.1) is 0 Å². The van der Waals surface area contributed by atoms with Gasteiger partial charge in [-0.2, -0.15) is 0 Å². The highest BCUT2D eigenvalue weighted by molar-refractivity contribution is 5.41. The SMILES string of the molecule is CCCN1CCC(Nc2ccc(=O)n(CCC)c2)CC1. The predicted octanol–water partition coefficient (Wildman–Crippen LogP) is 2.54. The first-order chi connectivity index (χ1) is 9.72. The molecule has 4 nitrogen and oxygen atoms in total. The Labute approximate surface area is 121 Å². The van der Waals surface area contributed by atoms with E-state index >= 15 is 0 Å². The molecule has 2 rings (SSSR count). The number of nitrogens with zero attached hydrogens (tertiary/aromatic N) is 2.